The van der Waals surface area contributed by atoms with Crippen molar-refractivity contribution in [3.05, 3.63) is 11.6 Å². The van der Waals surface area contributed by atoms with Gasteiger partial charge in [-0.05, 0) is 39.2 Å². The first-order valence-electron chi connectivity index (χ1n) is 6.40. The van der Waals surface area contributed by atoms with Gasteiger partial charge in [-0.3, -0.25) is 4.90 Å². The van der Waals surface area contributed by atoms with E-state index < -0.39 is 0 Å². The lowest BCUT2D eigenvalue weighted by Gasteiger charge is -2.40. The molecule has 2 aliphatic rings. The lowest BCUT2D eigenvalue weighted by molar-refractivity contribution is -0.137. The average molecular weight is 223 g/mol. The molecule has 0 N–H and O–H groups in total. The summed E-state index contributed by atoms with van der Waals surface area (Å²) in [5.74, 6) is -0.165. The first kappa shape index (κ1) is 11.6. The Morgan fingerprint density at radius 1 is 1.50 bits per heavy atom. The Morgan fingerprint density at radius 2 is 2.38 bits per heavy atom. The summed E-state index contributed by atoms with van der Waals surface area (Å²) < 4.78 is 4.95. The summed E-state index contributed by atoms with van der Waals surface area (Å²) in [6.45, 7) is 4.69. The molecule has 0 aliphatic carbocycles. The fourth-order valence-electron chi connectivity index (χ4n) is 2.76. The van der Waals surface area contributed by atoms with Gasteiger partial charge in [-0.2, -0.15) is 0 Å². The normalized spacial score (nSPS) is 28.8. The second-order valence-corrected chi connectivity index (χ2v) is 4.69. The minimum Gasteiger partial charge on any atom is -0.463 e. The maximum Gasteiger partial charge on any atom is 0.330 e. The second kappa shape index (κ2) is 5.48. The topological polar surface area (TPSA) is 29.5 Å². The van der Waals surface area contributed by atoms with Gasteiger partial charge in [0.2, 0.25) is 0 Å². The number of carbonyl (C=O) groups is 1. The Hall–Kier alpha value is -0.830. The maximum absolute atomic E-state index is 11.4. The molecule has 2 rings (SSSR count). The molecule has 16 heavy (non-hydrogen) atoms. The zero-order valence-electron chi connectivity index (χ0n) is 10.1. The summed E-state index contributed by atoms with van der Waals surface area (Å²) in [4.78, 5) is 13.9. The summed E-state index contributed by atoms with van der Waals surface area (Å²) in [5, 5.41) is 0. The average Bonchev–Trinajstić information content (AvgIpc) is 2.29. The van der Waals surface area contributed by atoms with Crippen LogP contribution >= 0.6 is 0 Å². The molecule has 0 bridgehead atoms. The van der Waals surface area contributed by atoms with Crippen LogP contribution in [0.5, 0.6) is 0 Å². The van der Waals surface area contributed by atoms with Crippen molar-refractivity contribution >= 4 is 5.97 Å². The minimum atomic E-state index is -0.165. The largest absolute Gasteiger partial charge is 0.463 e. The lowest BCUT2D eigenvalue weighted by Crippen LogP contribution is -2.43. The van der Waals surface area contributed by atoms with Crippen LogP contribution in [-0.2, 0) is 9.53 Å². The van der Waals surface area contributed by atoms with Gasteiger partial charge in [-0.1, -0.05) is 12.0 Å². The number of ether oxygens (including phenoxy) is 1. The van der Waals surface area contributed by atoms with Gasteiger partial charge in [0.1, 0.15) is 0 Å². The van der Waals surface area contributed by atoms with E-state index in [1.54, 1.807) is 6.08 Å². The van der Waals surface area contributed by atoms with Crippen molar-refractivity contribution in [2.75, 3.05) is 19.7 Å². The van der Waals surface area contributed by atoms with Crippen LogP contribution in [0.2, 0.25) is 0 Å². The number of nitrogens with zero attached hydrogens (tertiary/aromatic N) is 1. The predicted octanol–water partition coefficient (Wildman–Crippen LogP) is 2.12. The molecular formula is C13H21NO2. The third kappa shape index (κ3) is 2.85. The van der Waals surface area contributed by atoms with E-state index >= 15 is 0 Å². The number of rotatable bonds is 2. The van der Waals surface area contributed by atoms with Crippen LogP contribution in [0.1, 0.15) is 39.0 Å². The number of esters is 1. The molecule has 90 valence electrons. The van der Waals surface area contributed by atoms with E-state index in [2.05, 4.69) is 4.90 Å². The van der Waals surface area contributed by atoms with Gasteiger partial charge in [-0.15, -0.1) is 0 Å². The fourth-order valence-corrected chi connectivity index (χ4v) is 2.76. The number of hydrogen-bond donors (Lipinski definition) is 0. The Morgan fingerprint density at radius 3 is 3.19 bits per heavy atom. The first-order chi connectivity index (χ1) is 7.79. The number of hydrogen-bond acceptors (Lipinski definition) is 3. The summed E-state index contributed by atoms with van der Waals surface area (Å²) in [6.07, 6.45) is 7.80. The van der Waals surface area contributed by atoms with Crippen LogP contribution in [0.4, 0.5) is 0 Å². The first-order valence-corrected chi connectivity index (χ1v) is 6.40. The van der Waals surface area contributed by atoms with Crippen LogP contribution in [0.15, 0.2) is 11.6 Å². The van der Waals surface area contributed by atoms with E-state index in [1.807, 2.05) is 6.92 Å². The molecule has 2 heterocycles. The summed E-state index contributed by atoms with van der Waals surface area (Å²) in [5.41, 5.74) is 1.28. The predicted molar refractivity (Wildman–Crippen MR) is 63.2 cm³/mol. The summed E-state index contributed by atoms with van der Waals surface area (Å²) >= 11 is 0. The molecule has 0 aromatic heterocycles. The Kier molecular flexibility index (Phi) is 3.99. The lowest BCUT2D eigenvalue weighted by atomic mass is 9.90. The summed E-state index contributed by atoms with van der Waals surface area (Å²) in [6, 6.07) is 0.683. The molecule has 0 aromatic rings. The molecule has 2 fully saturated rings. The fraction of sp³-hybridized carbons (Fsp3) is 0.769. The second-order valence-electron chi connectivity index (χ2n) is 4.69. The van der Waals surface area contributed by atoms with Crippen molar-refractivity contribution in [3.63, 3.8) is 0 Å². The van der Waals surface area contributed by atoms with Crippen molar-refractivity contribution in [2.24, 2.45) is 0 Å². The van der Waals surface area contributed by atoms with E-state index in [1.165, 1.54) is 31.4 Å². The summed E-state index contributed by atoms with van der Waals surface area (Å²) in [7, 11) is 0. The van der Waals surface area contributed by atoms with Crippen molar-refractivity contribution in [1.82, 2.24) is 4.90 Å². The quantitative estimate of drug-likeness (QED) is 0.530. The highest BCUT2D eigenvalue weighted by Crippen LogP contribution is 2.28. The van der Waals surface area contributed by atoms with E-state index in [9.17, 15) is 4.79 Å². The zero-order chi connectivity index (χ0) is 11.4. The van der Waals surface area contributed by atoms with Crippen molar-refractivity contribution in [3.8, 4) is 0 Å². The van der Waals surface area contributed by atoms with E-state index in [0.717, 1.165) is 19.4 Å². The molecule has 0 spiro atoms. The molecule has 0 amide bonds. The number of carbonyl (C=O) groups excluding carboxylic acids is 1. The SMILES string of the molecule is CCOC(=O)C=C1CCN2CCCCC2C1. The van der Waals surface area contributed by atoms with Gasteiger partial charge in [0.05, 0.1) is 6.61 Å². The molecule has 0 radical (unpaired) electrons. The third-order valence-electron chi connectivity index (χ3n) is 3.58. The van der Waals surface area contributed by atoms with Gasteiger partial charge < -0.3 is 4.74 Å². The van der Waals surface area contributed by atoms with Gasteiger partial charge in [0.15, 0.2) is 0 Å². The van der Waals surface area contributed by atoms with Crippen molar-refractivity contribution in [2.45, 2.75) is 45.1 Å². The monoisotopic (exact) mass is 223 g/mol. The van der Waals surface area contributed by atoms with E-state index in [0.29, 0.717) is 12.6 Å². The van der Waals surface area contributed by atoms with Crippen LogP contribution in [0, 0.1) is 0 Å². The highest BCUT2D eigenvalue weighted by Gasteiger charge is 2.27. The molecule has 2 aliphatic heterocycles. The van der Waals surface area contributed by atoms with Crippen molar-refractivity contribution < 1.29 is 9.53 Å². The molecular weight excluding hydrogens is 202 g/mol. The smallest absolute Gasteiger partial charge is 0.330 e. The molecule has 3 heteroatoms. The molecule has 3 nitrogen and oxygen atoms in total. The van der Waals surface area contributed by atoms with Gasteiger partial charge >= 0.3 is 5.97 Å². The minimum absolute atomic E-state index is 0.165. The van der Waals surface area contributed by atoms with Crippen LogP contribution in [0.25, 0.3) is 0 Å². The Labute approximate surface area is 97.5 Å². The highest BCUT2D eigenvalue weighted by atomic mass is 16.5. The Balaban J connectivity index is 1.91. The van der Waals surface area contributed by atoms with Crippen LogP contribution in [0.3, 0.4) is 0 Å². The van der Waals surface area contributed by atoms with Crippen molar-refractivity contribution in [1.29, 1.82) is 0 Å². The molecule has 0 aromatic carbocycles. The maximum atomic E-state index is 11.4. The highest BCUT2D eigenvalue weighted by molar-refractivity contribution is 5.82. The van der Waals surface area contributed by atoms with Gasteiger partial charge in [0, 0.05) is 18.7 Å². The Bertz CT molecular complexity index is 286. The standard InChI is InChI=1S/C13H21NO2/c1-2-16-13(15)10-11-6-8-14-7-4-3-5-12(14)9-11/h10,12H,2-9H2,1H3. The molecule has 1 unspecified atom stereocenters. The number of piperidine rings is 2. The van der Waals surface area contributed by atoms with E-state index in [4.69, 9.17) is 4.74 Å². The zero-order valence-corrected chi connectivity index (χ0v) is 10.1. The van der Waals surface area contributed by atoms with E-state index in [-0.39, 0.29) is 5.97 Å². The van der Waals surface area contributed by atoms with Gasteiger partial charge in [0.25, 0.3) is 0 Å². The third-order valence-corrected chi connectivity index (χ3v) is 3.58. The molecule has 0 saturated carbocycles. The van der Waals surface area contributed by atoms with Crippen LogP contribution in [-0.4, -0.2) is 36.6 Å². The van der Waals surface area contributed by atoms with Gasteiger partial charge in [-0.25, -0.2) is 4.79 Å². The molecule has 2 saturated heterocycles. The van der Waals surface area contributed by atoms with Crippen LogP contribution < -0.4 is 0 Å². The molecule has 1 atom stereocenters. The number of fused-ring (bicyclic) bond motifs is 1.